The fourth-order valence-corrected chi connectivity index (χ4v) is 3.89. The number of aromatic nitrogens is 2. The molecule has 2 aromatic carbocycles. The predicted molar refractivity (Wildman–Crippen MR) is 113 cm³/mol. The minimum absolute atomic E-state index is 0. The molecule has 0 atom stereocenters. The van der Waals surface area contributed by atoms with E-state index in [1.165, 1.54) is 0 Å². The Morgan fingerprint density at radius 2 is 1.84 bits per heavy atom. The maximum Gasteiger partial charge on any atom is 0.143 e. The third-order valence-electron chi connectivity index (χ3n) is 3.61. The van der Waals surface area contributed by atoms with E-state index >= 15 is 0 Å². The minimum Gasteiger partial charge on any atom is -0.340 e. The zero-order valence-corrected chi connectivity index (χ0v) is 16.7. The summed E-state index contributed by atoms with van der Waals surface area (Å²) in [7, 11) is 0. The van der Waals surface area contributed by atoms with Gasteiger partial charge in [0.15, 0.2) is 0 Å². The van der Waals surface area contributed by atoms with E-state index in [-0.39, 0.29) is 12.4 Å². The molecule has 0 saturated carbocycles. The second-order valence-corrected chi connectivity index (χ2v) is 7.40. The van der Waals surface area contributed by atoms with Gasteiger partial charge in [-0.05, 0) is 35.9 Å². The smallest absolute Gasteiger partial charge is 0.143 e. The Morgan fingerprint density at radius 3 is 2.60 bits per heavy atom. The number of halogens is 3. The summed E-state index contributed by atoms with van der Waals surface area (Å²) in [5.41, 5.74) is 3.15. The maximum atomic E-state index is 6.08. The van der Waals surface area contributed by atoms with Gasteiger partial charge in [-0.25, -0.2) is 9.97 Å². The molecule has 0 amide bonds. The van der Waals surface area contributed by atoms with Crippen molar-refractivity contribution in [3.8, 4) is 11.1 Å². The van der Waals surface area contributed by atoms with Gasteiger partial charge in [0.25, 0.3) is 0 Å². The van der Waals surface area contributed by atoms with Gasteiger partial charge in [0, 0.05) is 26.1 Å². The van der Waals surface area contributed by atoms with Crippen LogP contribution in [0.2, 0.25) is 5.02 Å². The van der Waals surface area contributed by atoms with Crippen molar-refractivity contribution in [2.75, 3.05) is 5.32 Å². The number of fused-ring (bicyclic) bond motifs is 1. The van der Waals surface area contributed by atoms with E-state index in [0.717, 1.165) is 37.3 Å². The molecule has 4 aromatic rings. The molecule has 126 valence electrons. The summed E-state index contributed by atoms with van der Waals surface area (Å²) < 4.78 is 1.05. The largest absolute Gasteiger partial charge is 0.340 e. The van der Waals surface area contributed by atoms with Gasteiger partial charge >= 0.3 is 0 Å². The van der Waals surface area contributed by atoms with Crippen LogP contribution in [0.3, 0.4) is 0 Å². The highest BCUT2D eigenvalue weighted by Gasteiger charge is 2.13. The lowest BCUT2D eigenvalue weighted by Crippen LogP contribution is -1.95. The van der Waals surface area contributed by atoms with Gasteiger partial charge in [0.2, 0.25) is 0 Å². The van der Waals surface area contributed by atoms with Crippen LogP contribution in [-0.4, -0.2) is 9.97 Å². The van der Waals surface area contributed by atoms with Crippen molar-refractivity contribution in [1.29, 1.82) is 0 Å². The Labute approximate surface area is 168 Å². The first-order valence-corrected chi connectivity index (χ1v) is 9.26. The summed E-state index contributed by atoms with van der Waals surface area (Å²) in [4.78, 5) is 9.79. The molecule has 25 heavy (non-hydrogen) atoms. The molecule has 4 rings (SSSR count). The molecule has 0 bridgehead atoms. The molecular weight excluding hydrogens is 441 g/mol. The van der Waals surface area contributed by atoms with Crippen LogP contribution in [0.4, 0.5) is 11.5 Å². The number of nitrogens with one attached hydrogen (secondary N) is 1. The molecule has 2 aromatic heterocycles. The number of thiophene rings is 1. The van der Waals surface area contributed by atoms with Crippen molar-refractivity contribution in [3.63, 3.8) is 0 Å². The second-order valence-electron chi connectivity index (χ2n) is 5.19. The van der Waals surface area contributed by atoms with E-state index in [9.17, 15) is 0 Å². The standard InChI is InChI=1S/C18H11BrClN3S.ClH/c19-12-6-4-11(5-7-12)15-9-24-18-16(15)17(21-10-22-18)23-14-3-1-2-13(20)8-14;/h1-10H,(H,21,22,23);1H. The maximum absolute atomic E-state index is 6.08. The van der Waals surface area contributed by atoms with Crippen LogP contribution >= 0.6 is 51.3 Å². The molecular formula is C18H12BrCl2N3S. The van der Waals surface area contributed by atoms with Crippen molar-refractivity contribution in [1.82, 2.24) is 9.97 Å². The molecule has 0 fully saturated rings. The molecule has 0 spiro atoms. The van der Waals surface area contributed by atoms with Gasteiger partial charge in [-0.2, -0.15) is 0 Å². The van der Waals surface area contributed by atoms with Crippen molar-refractivity contribution in [2.24, 2.45) is 0 Å². The minimum atomic E-state index is 0. The summed E-state index contributed by atoms with van der Waals surface area (Å²) in [6.07, 6.45) is 1.58. The molecule has 0 aliphatic carbocycles. The topological polar surface area (TPSA) is 37.8 Å². The predicted octanol–water partition coefficient (Wildman–Crippen LogP) is 6.94. The molecule has 0 aliphatic heterocycles. The summed E-state index contributed by atoms with van der Waals surface area (Å²) >= 11 is 11.2. The van der Waals surface area contributed by atoms with Gasteiger partial charge in [-0.1, -0.05) is 45.7 Å². The number of nitrogens with zero attached hydrogens (tertiary/aromatic N) is 2. The fourth-order valence-electron chi connectivity index (χ4n) is 2.51. The fraction of sp³-hybridized carbons (Fsp3) is 0. The Morgan fingerprint density at radius 1 is 1.04 bits per heavy atom. The average Bonchev–Trinajstić information content (AvgIpc) is 3.01. The quantitative estimate of drug-likeness (QED) is 0.365. The number of rotatable bonds is 3. The number of hydrogen-bond donors (Lipinski definition) is 1. The van der Waals surface area contributed by atoms with E-state index in [1.807, 2.05) is 36.4 Å². The lowest BCUT2D eigenvalue weighted by atomic mass is 10.1. The van der Waals surface area contributed by atoms with E-state index in [1.54, 1.807) is 17.7 Å². The van der Waals surface area contributed by atoms with Gasteiger partial charge in [-0.3, -0.25) is 0 Å². The molecule has 0 unspecified atom stereocenters. The molecule has 0 aliphatic rings. The van der Waals surface area contributed by atoms with Crippen LogP contribution in [0.25, 0.3) is 21.3 Å². The molecule has 1 N–H and O–H groups in total. The first-order valence-electron chi connectivity index (χ1n) is 7.21. The van der Waals surface area contributed by atoms with Gasteiger partial charge in [-0.15, -0.1) is 23.7 Å². The van der Waals surface area contributed by atoms with Crippen LogP contribution in [-0.2, 0) is 0 Å². The van der Waals surface area contributed by atoms with Gasteiger partial charge < -0.3 is 5.32 Å². The SMILES string of the molecule is Cl.Clc1cccc(Nc2ncnc3scc(-c4ccc(Br)cc4)c23)c1. The number of benzene rings is 2. The Balaban J connectivity index is 0.00000182. The van der Waals surface area contributed by atoms with Crippen LogP contribution in [0.15, 0.2) is 64.7 Å². The van der Waals surface area contributed by atoms with Crippen molar-refractivity contribution in [3.05, 3.63) is 69.7 Å². The lowest BCUT2D eigenvalue weighted by molar-refractivity contribution is 1.23. The lowest BCUT2D eigenvalue weighted by Gasteiger charge is -2.09. The number of anilines is 2. The zero-order chi connectivity index (χ0) is 16.5. The number of hydrogen-bond acceptors (Lipinski definition) is 4. The van der Waals surface area contributed by atoms with Crippen LogP contribution < -0.4 is 5.32 Å². The normalized spacial score (nSPS) is 10.5. The average molecular weight is 453 g/mol. The Kier molecular flexibility index (Phi) is 5.59. The molecule has 3 nitrogen and oxygen atoms in total. The van der Waals surface area contributed by atoms with E-state index in [2.05, 4.69) is 48.7 Å². The van der Waals surface area contributed by atoms with Gasteiger partial charge in [0.05, 0.1) is 5.39 Å². The highest BCUT2D eigenvalue weighted by atomic mass is 79.9. The van der Waals surface area contributed by atoms with Gasteiger partial charge in [0.1, 0.15) is 17.0 Å². The molecule has 2 heterocycles. The molecule has 0 radical (unpaired) electrons. The highest BCUT2D eigenvalue weighted by molar-refractivity contribution is 9.10. The first kappa shape index (κ1) is 18.1. The Hall–Kier alpha value is -1.66. The summed E-state index contributed by atoms with van der Waals surface area (Å²) in [5, 5.41) is 7.18. The summed E-state index contributed by atoms with van der Waals surface area (Å²) in [5.74, 6) is 0.779. The van der Waals surface area contributed by atoms with E-state index < -0.39 is 0 Å². The van der Waals surface area contributed by atoms with Crippen molar-refractivity contribution < 1.29 is 0 Å². The zero-order valence-electron chi connectivity index (χ0n) is 12.7. The highest BCUT2D eigenvalue weighted by Crippen LogP contribution is 2.37. The molecule has 7 heteroatoms. The van der Waals surface area contributed by atoms with Crippen LogP contribution in [0, 0.1) is 0 Å². The summed E-state index contributed by atoms with van der Waals surface area (Å²) in [6.45, 7) is 0. The van der Waals surface area contributed by atoms with Crippen molar-refractivity contribution in [2.45, 2.75) is 0 Å². The van der Waals surface area contributed by atoms with Crippen LogP contribution in [0.1, 0.15) is 0 Å². The monoisotopic (exact) mass is 451 g/mol. The van der Waals surface area contributed by atoms with Crippen LogP contribution in [0.5, 0.6) is 0 Å². The third kappa shape index (κ3) is 3.80. The van der Waals surface area contributed by atoms with E-state index in [4.69, 9.17) is 11.6 Å². The third-order valence-corrected chi connectivity index (χ3v) is 5.26. The van der Waals surface area contributed by atoms with Crippen molar-refractivity contribution >= 4 is 73.0 Å². The molecule has 0 saturated heterocycles. The first-order chi connectivity index (χ1) is 11.7. The second kappa shape index (κ2) is 7.70. The van der Waals surface area contributed by atoms with E-state index in [0.29, 0.717) is 5.02 Å². The Bertz CT molecular complexity index is 1020. The summed E-state index contributed by atoms with van der Waals surface area (Å²) in [6, 6.07) is 15.8.